The number of ketones is 1. The summed E-state index contributed by atoms with van der Waals surface area (Å²) in [6.45, 7) is 5.74. The molecule has 0 bridgehead atoms. The highest BCUT2D eigenvalue weighted by Gasteiger charge is 2.34. The van der Waals surface area contributed by atoms with Crippen molar-refractivity contribution >= 4 is 11.7 Å². The van der Waals surface area contributed by atoms with E-state index in [4.69, 9.17) is 0 Å². The van der Waals surface area contributed by atoms with Gasteiger partial charge in [-0.15, -0.1) is 0 Å². The standard InChI is InChI=1S/C18H28N2O3/c1-5-8-14-15(13(3)21)12(2)19-16(14)17(22)20(4)11-18(23)9-6-7-10-18/h19,23H,5-11H2,1-4H3. The van der Waals surface area contributed by atoms with Crippen molar-refractivity contribution in [1.29, 1.82) is 0 Å². The molecule has 5 nitrogen and oxygen atoms in total. The molecule has 0 unspecified atom stereocenters. The zero-order valence-electron chi connectivity index (χ0n) is 14.7. The molecule has 5 heteroatoms. The van der Waals surface area contributed by atoms with Crippen LogP contribution in [-0.2, 0) is 6.42 Å². The largest absolute Gasteiger partial charge is 0.388 e. The molecule has 0 radical (unpaired) electrons. The Morgan fingerprint density at radius 3 is 2.43 bits per heavy atom. The molecule has 1 fully saturated rings. The van der Waals surface area contributed by atoms with E-state index in [2.05, 4.69) is 4.98 Å². The SMILES string of the molecule is CCCc1c(C(=O)N(C)CC2(O)CCCC2)[nH]c(C)c1C(C)=O. The van der Waals surface area contributed by atoms with Gasteiger partial charge in [-0.2, -0.15) is 0 Å². The van der Waals surface area contributed by atoms with Gasteiger partial charge in [-0.1, -0.05) is 26.2 Å². The third-order valence-corrected chi connectivity index (χ3v) is 4.77. The van der Waals surface area contributed by atoms with E-state index in [1.54, 1.807) is 11.9 Å². The Balaban J connectivity index is 2.27. The first-order valence-corrected chi connectivity index (χ1v) is 8.49. The number of carbonyl (C=O) groups excluding carboxylic acids is 2. The van der Waals surface area contributed by atoms with Gasteiger partial charge in [0.2, 0.25) is 0 Å². The molecule has 0 aliphatic heterocycles. The van der Waals surface area contributed by atoms with Crippen molar-refractivity contribution in [2.75, 3.05) is 13.6 Å². The number of aliphatic hydroxyl groups is 1. The van der Waals surface area contributed by atoms with Crippen molar-refractivity contribution < 1.29 is 14.7 Å². The highest BCUT2D eigenvalue weighted by molar-refractivity contribution is 6.02. The first kappa shape index (κ1) is 17.7. The third kappa shape index (κ3) is 3.66. The quantitative estimate of drug-likeness (QED) is 0.792. The third-order valence-electron chi connectivity index (χ3n) is 4.77. The smallest absolute Gasteiger partial charge is 0.270 e. The van der Waals surface area contributed by atoms with Gasteiger partial charge in [0.05, 0.1) is 5.60 Å². The molecular formula is C18H28N2O3. The summed E-state index contributed by atoms with van der Waals surface area (Å²) in [6.07, 6.45) is 5.07. The van der Waals surface area contributed by atoms with Crippen LogP contribution in [0.3, 0.4) is 0 Å². The second kappa shape index (κ2) is 6.87. The van der Waals surface area contributed by atoms with E-state index in [0.29, 0.717) is 24.2 Å². The topological polar surface area (TPSA) is 73.4 Å². The number of carbonyl (C=O) groups is 2. The van der Waals surface area contributed by atoms with Gasteiger partial charge in [0.15, 0.2) is 5.78 Å². The van der Waals surface area contributed by atoms with Crippen molar-refractivity contribution in [2.24, 2.45) is 0 Å². The Bertz CT molecular complexity index is 598. The van der Waals surface area contributed by atoms with Crippen LogP contribution in [0.25, 0.3) is 0 Å². The number of nitrogens with one attached hydrogen (secondary N) is 1. The number of aromatic amines is 1. The predicted octanol–water partition coefficient (Wildman–Crippen LogP) is 2.86. The van der Waals surface area contributed by atoms with Crippen LogP contribution in [0.4, 0.5) is 0 Å². The zero-order chi connectivity index (χ0) is 17.2. The lowest BCUT2D eigenvalue weighted by Crippen LogP contribution is -2.42. The molecular weight excluding hydrogens is 292 g/mol. The monoisotopic (exact) mass is 320 g/mol. The summed E-state index contributed by atoms with van der Waals surface area (Å²) >= 11 is 0. The number of aryl methyl sites for hydroxylation is 1. The second-order valence-corrected chi connectivity index (χ2v) is 6.88. The van der Waals surface area contributed by atoms with E-state index in [1.165, 1.54) is 6.92 Å². The summed E-state index contributed by atoms with van der Waals surface area (Å²) in [5.41, 5.74) is 1.94. The molecule has 1 aromatic heterocycles. The van der Waals surface area contributed by atoms with Gasteiger partial charge in [-0.3, -0.25) is 9.59 Å². The average molecular weight is 320 g/mol. The summed E-state index contributed by atoms with van der Waals surface area (Å²) in [7, 11) is 1.72. The van der Waals surface area contributed by atoms with Gasteiger partial charge in [-0.25, -0.2) is 0 Å². The fraction of sp³-hybridized carbons (Fsp3) is 0.667. The van der Waals surface area contributed by atoms with Crippen molar-refractivity contribution in [2.45, 2.75) is 64.9 Å². The average Bonchev–Trinajstić information content (AvgIpc) is 3.02. The lowest BCUT2D eigenvalue weighted by Gasteiger charge is -2.28. The first-order chi connectivity index (χ1) is 10.8. The fourth-order valence-electron chi connectivity index (χ4n) is 3.73. The van der Waals surface area contributed by atoms with E-state index in [-0.39, 0.29) is 11.7 Å². The predicted molar refractivity (Wildman–Crippen MR) is 89.9 cm³/mol. The minimum absolute atomic E-state index is 0.0154. The van der Waals surface area contributed by atoms with E-state index < -0.39 is 5.60 Å². The maximum atomic E-state index is 12.8. The Hall–Kier alpha value is -1.62. The number of nitrogens with zero attached hydrogens (tertiary/aromatic N) is 1. The zero-order valence-corrected chi connectivity index (χ0v) is 14.7. The molecule has 0 atom stereocenters. The van der Waals surface area contributed by atoms with Crippen molar-refractivity contribution in [3.8, 4) is 0 Å². The van der Waals surface area contributed by atoms with Crippen molar-refractivity contribution in [1.82, 2.24) is 9.88 Å². The molecule has 128 valence electrons. The number of Topliss-reactive ketones (excluding diaryl/α,β-unsaturated/α-hetero) is 1. The lowest BCUT2D eigenvalue weighted by molar-refractivity contribution is 0.0154. The van der Waals surface area contributed by atoms with Gasteiger partial charge in [0.1, 0.15) is 5.69 Å². The minimum Gasteiger partial charge on any atom is -0.388 e. The Kier molecular flexibility index (Phi) is 5.30. The molecule has 2 N–H and O–H groups in total. The van der Waals surface area contributed by atoms with Crippen LogP contribution in [-0.4, -0.2) is 45.9 Å². The molecule has 0 saturated heterocycles. The summed E-state index contributed by atoms with van der Waals surface area (Å²) in [6, 6.07) is 0. The van der Waals surface area contributed by atoms with Crippen LogP contribution < -0.4 is 0 Å². The maximum Gasteiger partial charge on any atom is 0.270 e. The van der Waals surface area contributed by atoms with Gasteiger partial charge in [-0.05, 0) is 38.7 Å². The minimum atomic E-state index is -0.764. The van der Waals surface area contributed by atoms with Gasteiger partial charge in [0, 0.05) is 24.8 Å². The van der Waals surface area contributed by atoms with Gasteiger partial charge < -0.3 is 15.0 Å². The highest BCUT2D eigenvalue weighted by Crippen LogP contribution is 2.30. The van der Waals surface area contributed by atoms with E-state index in [0.717, 1.165) is 43.4 Å². The summed E-state index contributed by atoms with van der Waals surface area (Å²) in [5.74, 6) is -0.164. The van der Waals surface area contributed by atoms with Gasteiger partial charge >= 0.3 is 0 Å². The van der Waals surface area contributed by atoms with Crippen LogP contribution >= 0.6 is 0 Å². The normalized spacial score (nSPS) is 16.6. The fourth-order valence-corrected chi connectivity index (χ4v) is 3.73. The Morgan fingerprint density at radius 2 is 1.91 bits per heavy atom. The number of rotatable bonds is 6. The number of hydrogen-bond donors (Lipinski definition) is 2. The second-order valence-electron chi connectivity index (χ2n) is 6.88. The van der Waals surface area contributed by atoms with Gasteiger partial charge in [0.25, 0.3) is 5.91 Å². The summed E-state index contributed by atoms with van der Waals surface area (Å²) < 4.78 is 0. The number of aromatic nitrogens is 1. The van der Waals surface area contributed by atoms with E-state index in [9.17, 15) is 14.7 Å². The molecule has 23 heavy (non-hydrogen) atoms. The van der Waals surface area contributed by atoms with E-state index >= 15 is 0 Å². The summed E-state index contributed by atoms with van der Waals surface area (Å²) in [5, 5.41) is 10.5. The first-order valence-electron chi connectivity index (χ1n) is 8.49. The highest BCUT2D eigenvalue weighted by atomic mass is 16.3. The van der Waals surface area contributed by atoms with Crippen LogP contribution in [0, 0.1) is 6.92 Å². The van der Waals surface area contributed by atoms with Crippen LogP contribution in [0.1, 0.15) is 78.1 Å². The Labute approximate surface area is 138 Å². The molecule has 1 aromatic rings. The van der Waals surface area contributed by atoms with Crippen LogP contribution in [0.2, 0.25) is 0 Å². The lowest BCUT2D eigenvalue weighted by atomic mass is 9.99. The molecule has 2 rings (SSSR count). The van der Waals surface area contributed by atoms with Crippen LogP contribution in [0.5, 0.6) is 0 Å². The molecule has 0 aromatic carbocycles. The van der Waals surface area contributed by atoms with Crippen molar-refractivity contribution in [3.63, 3.8) is 0 Å². The molecule has 0 spiro atoms. The number of amides is 1. The molecule has 1 amide bonds. The molecule has 1 heterocycles. The number of H-pyrrole nitrogens is 1. The van der Waals surface area contributed by atoms with E-state index in [1.807, 2.05) is 13.8 Å². The number of hydrogen-bond acceptors (Lipinski definition) is 3. The molecule has 1 aliphatic rings. The summed E-state index contributed by atoms with van der Waals surface area (Å²) in [4.78, 5) is 29.4. The molecule has 1 saturated carbocycles. The molecule has 1 aliphatic carbocycles. The Morgan fingerprint density at radius 1 is 1.30 bits per heavy atom. The van der Waals surface area contributed by atoms with Crippen molar-refractivity contribution in [3.05, 3.63) is 22.5 Å². The maximum absolute atomic E-state index is 12.8. The van der Waals surface area contributed by atoms with Crippen LogP contribution in [0.15, 0.2) is 0 Å². The number of likely N-dealkylation sites (N-methyl/N-ethyl adjacent to an activating group) is 1.